The van der Waals surface area contributed by atoms with Crippen LogP contribution >= 0.6 is 0 Å². The second-order valence-corrected chi connectivity index (χ2v) is 6.97. The summed E-state index contributed by atoms with van der Waals surface area (Å²) in [7, 11) is 0. The zero-order valence-electron chi connectivity index (χ0n) is 14.5. The van der Waals surface area contributed by atoms with Gasteiger partial charge in [-0.1, -0.05) is 48.0 Å². The zero-order chi connectivity index (χ0) is 16.4. The molecule has 4 heteroatoms. The average molecular weight is 300 g/mol. The molecule has 1 unspecified atom stereocenters. The van der Waals surface area contributed by atoms with Crippen molar-refractivity contribution in [3.63, 3.8) is 0 Å². The summed E-state index contributed by atoms with van der Waals surface area (Å²) in [5.41, 5.74) is 0. The van der Waals surface area contributed by atoms with Crippen LogP contribution in [0, 0.1) is 23.7 Å². The molecule has 124 valence electrons. The Morgan fingerprint density at radius 1 is 0.762 bits per heavy atom. The number of carbonyl (C=O) groups excluding carboxylic acids is 2. The molecule has 0 aromatic heterocycles. The van der Waals surface area contributed by atoms with Crippen LogP contribution in [0.2, 0.25) is 0 Å². The summed E-state index contributed by atoms with van der Waals surface area (Å²) >= 11 is 0. The van der Waals surface area contributed by atoms with Gasteiger partial charge >= 0.3 is 11.9 Å². The maximum Gasteiger partial charge on any atom is 0.309 e. The molecular formula is C17H32O4. The number of hydrogen-bond donors (Lipinski definition) is 0. The van der Waals surface area contributed by atoms with Gasteiger partial charge in [-0.15, -0.1) is 0 Å². The highest BCUT2D eigenvalue weighted by molar-refractivity contribution is 5.79. The number of esters is 2. The lowest BCUT2D eigenvalue weighted by molar-refractivity contribution is -0.156. The van der Waals surface area contributed by atoms with E-state index in [0.717, 1.165) is 6.42 Å². The third-order valence-electron chi connectivity index (χ3n) is 2.98. The van der Waals surface area contributed by atoms with E-state index in [1.54, 1.807) is 0 Å². The molecule has 0 saturated carbocycles. The third-order valence-corrected chi connectivity index (χ3v) is 2.98. The summed E-state index contributed by atoms with van der Waals surface area (Å²) in [6, 6.07) is 0. The Bertz CT molecular complexity index is 308. The number of rotatable bonds is 10. The van der Waals surface area contributed by atoms with Crippen LogP contribution < -0.4 is 0 Å². The highest BCUT2D eigenvalue weighted by atomic mass is 16.5. The summed E-state index contributed by atoms with van der Waals surface area (Å²) in [5, 5.41) is 0. The van der Waals surface area contributed by atoms with E-state index < -0.39 is 0 Å². The zero-order valence-corrected chi connectivity index (χ0v) is 14.5. The number of carbonyl (C=O) groups is 2. The highest BCUT2D eigenvalue weighted by Crippen LogP contribution is 2.18. The Hall–Kier alpha value is -1.06. The van der Waals surface area contributed by atoms with Crippen molar-refractivity contribution in [2.75, 3.05) is 13.2 Å². The molecule has 21 heavy (non-hydrogen) atoms. The lowest BCUT2D eigenvalue weighted by Gasteiger charge is -2.17. The Morgan fingerprint density at radius 2 is 1.29 bits per heavy atom. The van der Waals surface area contributed by atoms with Crippen molar-refractivity contribution in [3.05, 3.63) is 0 Å². The fourth-order valence-electron chi connectivity index (χ4n) is 1.72. The average Bonchev–Trinajstić information content (AvgIpc) is 2.38. The fourth-order valence-corrected chi connectivity index (χ4v) is 1.72. The summed E-state index contributed by atoms with van der Waals surface area (Å²) in [6.07, 6.45) is 1.70. The molecule has 0 aromatic rings. The van der Waals surface area contributed by atoms with Crippen LogP contribution in [0.4, 0.5) is 0 Å². The first-order chi connectivity index (χ1) is 9.72. The highest BCUT2D eigenvalue weighted by Gasteiger charge is 2.24. The maximum absolute atomic E-state index is 12.1. The van der Waals surface area contributed by atoms with E-state index >= 15 is 0 Å². The van der Waals surface area contributed by atoms with Crippen LogP contribution in [0.25, 0.3) is 0 Å². The molecule has 0 radical (unpaired) electrons. The largest absolute Gasteiger partial charge is 0.465 e. The quantitative estimate of drug-likeness (QED) is 0.575. The van der Waals surface area contributed by atoms with Gasteiger partial charge < -0.3 is 9.47 Å². The molecule has 0 aliphatic rings. The van der Waals surface area contributed by atoms with Gasteiger partial charge in [0.15, 0.2) is 0 Å². The molecule has 0 aliphatic carbocycles. The molecule has 0 spiro atoms. The molecule has 4 nitrogen and oxygen atoms in total. The molecule has 0 amide bonds. The topological polar surface area (TPSA) is 52.6 Å². The summed E-state index contributed by atoms with van der Waals surface area (Å²) in [6.45, 7) is 13.0. The molecule has 1 atom stereocenters. The van der Waals surface area contributed by atoms with Crippen molar-refractivity contribution >= 4 is 11.9 Å². The first-order valence-electron chi connectivity index (χ1n) is 8.04. The Morgan fingerprint density at radius 3 is 1.76 bits per heavy atom. The number of ether oxygens (including phenoxy) is 2. The van der Waals surface area contributed by atoms with Gasteiger partial charge in [-0.05, 0) is 24.2 Å². The van der Waals surface area contributed by atoms with E-state index in [4.69, 9.17) is 9.47 Å². The minimum atomic E-state index is -0.384. The summed E-state index contributed by atoms with van der Waals surface area (Å²) in [4.78, 5) is 23.9. The summed E-state index contributed by atoms with van der Waals surface area (Å²) in [5.74, 6) is 0.135. The first-order valence-corrected chi connectivity index (χ1v) is 8.04. The van der Waals surface area contributed by atoms with Crippen LogP contribution in [0.5, 0.6) is 0 Å². The Balaban J connectivity index is 4.43. The van der Waals surface area contributed by atoms with E-state index in [2.05, 4.69) is 13.8 Å². The van der Waals surface area contributed by atoms with Crippen LogP contribution in [-0.4, -0.2) is 25.2 Å². The second kappa shape index (κ2) is 10.6. The molecule has 0 saturated heterocycles. The molecular weight excluding hydrogens is 268 g/mol. The van der Waals surface area contributed by atoms with Crippen LogP contribution in [-0.2, 0) is 19.1 Å². The van der Waals surface area contributed by atoms with Gasteiger partial charge in [-0.25, -0.2) is 0 Å². The summed E-state index contributed by atoms with van der Waals surface area (Å²) < 4.78 is 10.4. The van der Waals surface area contributed by atoms with Gasteiger partial charge in [0.25, 0.3) is 0 Å². The van der Waals surface area contributed by atoms with Gasteiger partial charge in [-0.3, -0.25) is 9.59 Å². The predicted octanol–water partition coefficient (Wildman–Crippen LogP) is 3.83. The van der Waals surface area contributed by atoms with Crippen molar-refractivity contribution in [1.29, 1.82) is 0 Å². The van der Waals surface area contributed by atoms with E-state index in [0.29, 0.717) is 37.4 Å². The SMILES string of the molecule is CC(C)CCC(CC(=O)OCC(C)C)C(=O)OCC(C)C. The van der Waals surface area contributed by atoms with Crippen molar-refractivity contribution in [1.82, 2.24) is 0 Å². The van der Waals surface area contributed by atoms with Crippen LogP contribution in [0.15, 0.2) is 0 Å². The Labute approximate surface area is 129 Å². The normalized spacial score (nSPS) is 12.8. The minimum absolute atomic E-state index is 0.121. The van der Waals surface area contributed by atoms with Crippen LogP contribution in [0.3, 0.4) is 0 Å². The molecule has 0 rings (SSSR count). The lowest BCUT2D eigenvalue weighted by Crippen LogP contribution is -2.24. The standard InChI is InChI=1S/C17H32O4/c1-12(2)7-8-15(17(19)21-11-14(5)6)9-16(18)20-10-13(3)4/h12-15H,7-11H2,1-6H3. The number of hydrogen-bond acceptors (Lipinski definition) is 4. The molecule has 0 N–H and O–H groups in total. The van der Waals surface area contributed by atoms with Crippen LogP contribution in [0.1, 0.15) is 60.8 Å². The molecule has 0 aromatic carbocycles. The molecule has 0 fully saturated rings. The van der Waals surface area contributed by atoms with Gasteiger partial charge in [0, 0.05) is 0 Å². The van der Waals surface area contributed by atoms with E-state index in [9.17, 15) is 9.59 Å². The third kappa shape index (κ3) is 11.3. The molecule has 0 heterocycles. The smallest absolute Gasteiger partial charge is 0.309 e. The predicted molar refractivity (Wildman–Crippen MR) is 83.8 cm³/mol. The van der Waals surface area contributed by atoms with Crippen molar-refractivity contribution in [2.45, 2.75) is 60.8 Å². The first kappa shape index (κ1) is 19.9. The fraction of sp³-hybridized carbons (Fsp3) is 0.882. The maximum atomic E-state index is 12.1. The van der Waals surface area contributed by atoms with E-state index in [1.807, 2.05) is 27.7 Å². The molecule has 0 bridgehead atoms. The molecule has 0 aliphatic heterocycles. The van der Waals surface area contributed by atoms with Crippen molar-refractivity contribution < 1.29 is 19.1 Å². The Kier molecular flexibility index (Phi) is 10.1. The van der Waals surface area contributed by atoms with Gasteiger partial charge in [0.05, 0.1) is 25.6 Å². The van der Waals surface area contributed by atoms with Crippen molar-refractivity contribution in [3.8, 4) is 0 Å². The minimum Gasteiger partial charge on any atom is -0.465 e. The van der Waals surface area contributed by atoms with Gasteiger partial charge in [0.2, 0.25) is 0 Å². The van der Waals surface area contributed by atoms with Gasteiger partial charge in [0.1, 0.15) is 0 Å². The van der Waals surface area contributed by atoms with E-state index in [1.165, 1.54) is 0 Å². The van der Waals surface area contributed by atoms with Crippen molar-refractivity contribution in [2.24, 2.45) is 23.7 Å². The van der Waals surface area contributed by atoms with Gasteiger partial charge in [-0.2, -0.15) is 0 Å². The monoisotopic (exact) mass is 300 g/mol. The lowest BCUT2D eigenvalue weighted by atomic mass is 9.95. The second-order valence-electron chi connectivity index (χ2n) is 6.97. The van der Waals surface area contributed by atoms with E-state index in [-0.39, 0.29) is 24.3 Å².